The van der Waals surface area contributed by atoms with Crippen molar-refractivity contribution in [1.29, 1.82) is 0 Å². The van der Waals surface area contributed by atoms with Crippen LogP contribution in [0.25, 0.3) is 83.6 Å². The van der Waals surface area contributed by atoms with Crippen LogP contribution in [0.15, 0.2) is 282 Å². The van der Waals surface area contributed by atoms with Gasteiger partial charge in [0, 0.05) is 37.7 Å². The smallest absolute Gasteiger partial charge is 0.0722 e. The molecule has 3 heterocycles. The molecule has 1 aliphatic heterocycles. The molecule has 0 fully saturated rings. The molecule has 0 N–H and O–H groups in total. The van der Waals surface area contributed by atoms with Crippen molar-refractivity contribution >= 4 is 17.0 Å². The normalized spacial score (nSPS) is 12.2. The summed E-state index contributed by atoms with van der Waals surface area (Å²) in [6.45, 7) is 10.6. The van der Waals surface area contributed by atoms with Crippen LogP contribution in [-0.4, -0.2) is 30.8 Å². The van der Waals surface area contributed by atoms with Crippen LogP contribution in [0.1, 0.15) is 47.4 Å². The van der Waals surface area contributed by atoms with Crippen molar-refractivity contribution in [2.75, 3.05) is 19.0 Å². The molecule has 0 atom stereocenters. The Bertz CT molecular complexity index is 3890. The summed E-state index contributed by atoms with van der Waals surface area (Å²) in [6.07, 6.45) is 7.98. The van der Waals surface area contributed by atoms with Gasteiger partial charge in [-0.25, -0.2) is 4.99 Å². The van der Waals surface area contributed by atoms with Crippen LogP contribution in [0.2, 0.25) is 0 Å². The van der Waals surface area contributed by atoms with Gasteiger partial charge in [-0.15, -0.1) is 11.4 Å². The summed E-state index contributed by atoms with van der Waals surface area (Å²) >= 11 is 3.68. The van der Waals surface area contributed by atoms with Gasteiger partial charge in [-0.2, -0.15) is 0 Å². The van der Waals surface area contributed by atoms with Crippen molar-refractivity contribution in [3.63, 3.8) is 0 Å². The number of aryl methyl sites for hydroxylation is 3. The first-order valence-corrected chi connectivity index (χ1v) is 28.3. The third-order valence-corrected chi connectivity index (χ3v) is 15.0. The van der Waals surface area contributed by atoms with Gasteiger partial charge in [0.25, 0.3) is 0 Å². The van der Waals surface area contributed by atoms with Crippen molar-refractivity contribution in [3.05, 3.63) is 306 Å². The summed E-state index contributed by atoms with van der Waals surface area (Å²) in [6, 6.07) is 86.9. The van der Waals surface area contributed by atoms with Gasteiger partial charge in [0.2, 0.25) is 0 Å². The molecule has 5 nitrogen and oxygen atoms in total. The number of hydrogen-bond donors (Lipinski definition) is 0. The number of nitrogens with zero attached hydrogens (tertiary/aromatic N) is 5. The van der Waals surface area contributed by atoms with Crippen LogP contribution < -0.4 is 9.88 Å². The van der Waals surface area contributed by atoms with E-state index in [4.69, 9.17) is 9.98 Å². The van der Waals surface area contributed by atoms with E-state index in [9.17, 15) is 0 Å². The van der Waals surface area contributed by atoms with E-state index in [2.05, 4.69) is 288 Å². The van der Waals surface area contributed by atoms with E-state index in [-0.39, 0.29) is 0 Å². The molecule has 0 bridgehead atoms. The van der Waals surface area contributed by atoms with Crippen LogP contribution in [0.4, 0.5) is 5.69 Å². The molecule has 82 heavy (non-hydrogen) atoms. The summed E-state index contributed by atoms with van der Waals surface area (Å²) in [7, 11) is 4.02. The van der Waals surface area contributed by atoms with Crippen LogP contribution >= 0.6 is 0 Å². The van der Waals surface area contributed by atoms with Gasteiger partial charge in [-0.05, 0) is 164 Å². The first-order valence-electron chi connectivity index (χ1n) is 27.8. The van der Waals surface area contributed by atoms with Crippen molar-refractivity contribution in [2.45, 2.75) is 40.7 Å². The predicted octanol–water partition coefficient (Wildman–Crippen LogP) is 19.3. The minimum absolute atomic E-state index is 0.370. The van der Waals surface area contributed by atoms with Gasteiger partial charge in [0.1, 0.15) is 0 Å². The molecule has 9 aromatic carbocycles. The summed E-state index contributed by atoms with van der Waals surface area (Å²) in [5.41, 5.74) is 26.5. The molecule has 1 aliphatic rings. The second-order valence-corrected chi connectivity index (χ2v) is 21.2. The Hall–Kier alpha value is -9.33. The molecule has 0 saturated carbocycles. The van der Waals surface area contributed by atoms with E-state index < -0.39 is 0 Å². The van der Waals surface area contributed by atoms with Crippen LogP contribution in [-0.2, 0) is 15.5 Å². The largest absolute Gasteiger partial charge is 0.657 e. The Morgan fingerprint density at radius 2 is 0.829 bits per heavy atom. The average molecular weight is 1110 g/mol. The number of aromatic nitrogens is 2. The second kappa shape index (κ2) is 26.3. The number of anilines is 1. The molecule has 6 heteroatoms. The van der Waals surface area contributed by atoms with Gasteiger partial charge in [0.05, 0.1) is 11.4 Å². The first-order chi connectivity index (χ1) is 40.0. The quantitative estimate of drug-likeness (QED) is 0.122. The Kier molecular flexibility index (Phi) is 17.9. The number of allylic oxidation sites excluding steroid dienone is 2. The number of aliphatic imine (C=N–C) groups is 1. The molecule has 0 radical (unpaired) electrons. The van der Waals surface area contributed by atoms with Crippen molar-refractivity contribution in [3.8, 4) is 78.0 Å². The molecule has 0 amide bonds. The number of rotatable bonds is 12. The SMILES string of the molecule is CC(C)[N]=[Co].CN(C)c1ccncc1.Cc1cc(C)c(/C(=C2\C=CC(c3c(-c4ccccc4)cc(-c4ccccc4)cc3-c3ccccc3)=N2)c2ccc(-c3c(-c4ccccc4)cc(-c4ccccc4)cc3-c3ccccc3)[n-]2)c(C)c1. The van der Waals surface area contributed by atoms with E-state index >= 15 is 0 Å². The van der Waals surface area contributed by atoms with Gasteiger partial charge in [-0.3, -0.25) is 4.98 Å². The van der Waals surface area contributed by atoms with E-state index in [0.29, 0.717) is 6.04 Å². The summed E-state index contributed by atoms with van der Waals surface area (Å²) < 4.78 is 3.58. The molecule has 0 spiro atoms. The zero-order valence-electron chi connectivity index (χ0n) is 47.6. The van der Waals surface area contributed by atoms with Crippen molar-refractivity contribution in [2.24, 2.45) is 8.99 Å². The van der Waals surface area contributed by atoms with E-state index in [1.54, 1.807) is 12.4 Å². The number of pyridine rings is 1. The van der Waals surface area contributed by atoms with Crippen LogP contribution in [0.5, 0.6) is 0 Å². The monoisotopic (exact) mass is 1110 g/mol. The summed E-state index contributed by atoms with van der Waals surface area (Å²) in [5, 5.41) is 0. The average Bonchev–Trinajstić information content (AvgIpc) is 4.40. The molecule has 0 saturated heterocycles. The first kappa shape index (κ1) is 56.0. The van der Waals surface area contributed by atoms with Crippen molar-refractivity contribution < 1.29 is 15.5 Å². The van der Waals surface area contributed by atoms with Crippen LogP contribution in [0, 0.1) is 20.8 Å². The molecule has 0 unspecified atom stereocenters. The molecule has 12 rings (SSSR count). The molecule has 2 aromatic heterocycles. The van der Waals surface area contributed by atoms with Crippen molar-refractivity contribution in [1.82, 2.24) is 9.97 Å². The molecular weight excluding hydrogens is 1040 g/mol. The summed E-state index contributed by atoms with van der Waals surface area (Å²) in [5.74, 6) is 0. The fourth-order valence-electron chi connectivity index (χ4n) is 10.7. The molecular formula is C76H66CoN5-. The Labute approximate surface area is 492 Å². The predicted molar refractivity (Wildman–Crippen MR) is 343 cm³/mol. The zero-order chi connectivity index (χ0) is 57.0. The Morgan fingerprint density at radius 3 is 1.20 bits per heavy atom. The van der Waals surface area contributed by atoms with Gasteiger partial charge >= 0.3 is 39.4 Å². The van der Waals surface area contributed by atoms with E-state index in [1.165, 1.54) is 33.5 Å². The van der Waals surface area contributed by atoms with E-state index in [1.807, 2.05) is 45.0 Å². The zero-order valence-corrected chi connectivity index (χ0v) is 48.6. The Balaban J connectivity index is 0.000000475. The van der Waals surface area contributed by atoms with Gasteiger partial charge in [-0.1, -0.05) is 212 Å². The molecule has 11 aromatic rings. The van der Waals surface area contributed by atoms with Crippen LogP contribution in [0.3, 0.4) is 0 Å². The number of hydrogen-bond acceptors (Lipinski definition) is 4. The van der Waals surface area contributed by atoms with Gasteiger partial charge < -0.3 is 9.88 Å². The standard InChI is InChI=1S/C66H49N2.C7H10N2.C3H7N.Co/c1-44-38-45(2)63(46(3)39-44)66(61-36-34-59(67-61)64-55(49-26-14-6-15-27-49)40-53(47-22-10-4-11-23-47)41-56(64)50-28-16-7-17-29-50)62-37-35-60(68-62)65-57(51-30-18-8-19-31-51)42-54(48-24-12-5-13-25-48)43-58(65)52-32-20-9-21-33-52;1-9(2)7-3-5-8-6-4-7;1-3(2)4;/h4-43H,1-3H3;3-6H,1-2H3;3H,1-2H3;/q-1;;;/b66-61+;;;. The number of benzene rings is 9. The minimum atomic E-state index is 0.370. The van der Waals surface area contributed by atoms with E-state index in [0.717, 1.165) is 101 Å². The fourth-order valence-corrected chi connectivity index (χ4v) is 10.7. The molecule has 405 valence electrons. The molecule has 0 aliphatic carbocycles. The minimum Gasteiger partial charge on any atom is -0.657 e. The maximum absolute atomic E-state index is 5.69. The maximum Gasteiger partial charge on any atom is 0.0722 e. The van der Waals surface area contributed by atoms with Gasteiger partial charge in [0.15, 0.2) is 0 Å². The third kappa shape index (κ3) is 13.0. The summed E-state index contributed by atoms with van der Waals surface area (Å²) in [4.78, 5) is 17.3. The second-order valence-electron chi connectivity index (χ2n) is 20.9. The maximum atomic E-state index is 5.69. The fraction of sp³-hybridized carbons (Fsp3) is 0.105. The topological polar surface area (TPSA) is 55.0 Å². The third-order valence-electron chi connectivity index (χ3n) is 14.4. The Morgan fingerprint density at radius 1 is 0.451 bits per heavy atom.